The van der Waals surface area contributed by atoms with Crippen molar-refractivity contribution in [3.63, 3.8) is 0 Å². The number of nitrogens with zero attached hydrogens (tertiary/aromatic N) is 1. The zero-order valence-corrected chi connectivity index (χ0v) is 16.4. The molecule has 1 unspecified atom stereocenters. The van der Waals surface area contributed by atoms with E-state index in [1.165, 1.54) is 17.7 Å². The van der Waals surface area contributed by atoms with Crippen LogP contribution in [0, 0.1) is 12.7 Å². The maximum atomic E-state index is 13.1. The minimum atomic E-state index is -0.259. The van der Waals surface area contributed by atoms with Crippen LogP contribution in [0.25, 0.3) is 0 Å². The predicted molar refractivity (Wildman–Crippen MR) is 107 cm³/mol. The minimum Gasteiger partial charge on any atom is -0.496 e. The maximum Gasteiger partial charge on any atom is 0.191 e. The number of rotatable bonds is 8. The highest BCUT2D eigenvalue weighted by Crippen LogP contribution is 2.20. The second-order valence-electron chi connectivity index (χ2n) is 6.22. The van der Waals surface area contributed by atoms with Gasteiger partial charge in [0.05, 0.1) is 13.2 Å². The molecule has 0 saturated heterocycles. The molecule has 0 aliphatic heterocycles. The van der Waals surface area contributed by atoms with Crippen LogP contribution >= 0.6 is 0 Å². The molecule has 0 radical (unpaired) electrons. The van der Waals surface area contributed by atoms with Gasteiger partial charge in [-0.15, -0.1) is 0 Å². The molecule has 0 spiro atoms. The SMILES string of the molecule is CN=C(NCCc1cc(C)ccc1OC)NCC(OC)c1ccc(F)cc1. The van der Waals surface area contributed by atoms with Gasteiger partial charge in [-0.2, -0.15) is 0 Å². The zero-order valence-electron chi connectivity index (χ0n) is 16.4. The number of ether oxygens (including phenoxy) is 2. The zero-order chi connectivity index (χ0) is 19.6. The molecule has 2 N–H and O–H groups in total. The summed E-state index contributed by atoms with van der Waals surface area (Å²) in [5.41, 5.74) is 3.27. The molecule has 5 nitrogen and oxygen atoms in total. The van der Waals surface area contributed by atoms with Gasteiger partial charge >= 0.3 is 0 Å². The van der Waals surface area contributed by atoms with E-state index >= 15 is 0 Å². The van der Waals surface area contributed by atoms with Gasteiger partial charge in [0.1, 0.15) is 11.6 Å². The van der Waals surface area contributed by atoms with Crippen molar-refractivity contribution in [3.8, 4) is 5.75 Å². The van der Waals surface area contributed by atoms with E-state index < -0.39 is 0 Å². The first kappa shape index (κ1) is 20.7. The molecular formula is C21H28FN3O2. The molecule has 0 aliphatic carbocycles. The van der Waals surface area contributed by atoms with E-state index in [2.05, 4.69) is 28.6 Å². The molecule has 0 fully saturated rings. The van der Waals surface area contributed by atoms with Crippen LogP contribution in [-0.4, -0.2) is 40.3 Å². The molecule has 2 aromatic rings. The lowest BCUT2D eigenvalue weighted by atomic mass is 10.1. The van der Waals surface area contributed by atoms with Crippen molar-refractivity contribution in [3.05, 3.63) is 65.0 Å². The fraction of sp³-hybridized carbons (Fsp3) is 0.381. The van der Waals surface area contributed by atoms with Crippen LogP contribution in [0.2, 0.25) is 0 Å². The topological polar surface area (TPSA) is 54.9 Å². The van der Waals surface area contributed by atoms with Crippen molar-refractivity contribution < 1.29 is 13.9 Å². The van der Waals surface area contributed by atoms with Gasteiger partial charge in [0.15, 0.2) is 5.96 Å². The van der Waals surface area contributed by atoms with E-state index in [1.54, 1.807) is 33.4 Å². The Hall–Kier alpha value is -2.60. The van der Waals surface area contributed by atoms with Crippen LogP contribution in [-0.2, 0) is 11.2 Å². The number of guanidine groups is 1. The van der Waals surface area contributed by atoms with Gasteiger partial charge in [-0.25, -0.2) is 4.39 Å². The van der Waals surface area contributed by atoms with Gasteiger partial charge in [0, 0.05) is 27.2 Å². The molecule has 0 saturated carbocycles. The first-order chi connectivity index (χ1) is 13.1. The summed E-state index contributed by atoms with van der Waals surface area (Å²) in [6.07, 6.45) is 0.623. The van der Waals surface area contributed by atoms with E-state index in [0.717, 1.165) is 23.3 Å². The van der Waals surface area contributed by atoms with Gasteiger partial charge in [-0.1, -0.05) is 29.8 Å². The molecule has 0 aliphatic rings. The lowest BCUT2D eigenvalue weighted by molar-refractivity contribution is 0.106. The number of nitrogens with one attached hydrogen (secondary N) is 2. The first-order valence-corrected chi connectivity index (χ1v) is 8.93. The molecule has 0 amide bonds. The molecule has 0 aromatic heterocycles. The Morgan fingerprint density at radius 1 is 1.11 bits per heavy atom. The van der Waals surface area contributed by atoms with Crippen LogP contribution in [0.4, 0.5) is 4.39 Å². The second-order valence-corrected chi connectivity index (χ2v) is 6.22. The number of hydrogen-bond donors (Lipinski definition) is 2. The highest BCUT2D eigenvalue weighted by atomic mass is 19.1. The molecule has 6 heteroatoms. The number of halogens is 1. The third kappa shape index (κ3) is 6.25. The van der Waals surface area contributed by atoms with E-state index in [9.17, 15) is 4.39 Å². The maximum absolute atomic E-state index is 13.1. The Kier molecular flexibility index (Phi) is 8.07. The Labute approximate surface area is 160 Å². The number of aliphatic imine (C=N–C) groups is 1. The van der Waals surface area contributed by atoms with Crippen LogP contribution < -0.4 is 15.4 Å². The summed E-state index contributed by atoms with van der Waals surface area (Å²) in [6, 6.07) is 12.5. The average molecular weight is 373 g/mol. The Morgan fingerprint density at radius 3 is 2.48 bits per heavy atom. The van der Waals surface area contributed by atoms with Gasteiger partial charge < -0.3 is 20.1 Å². The monoisotopic (exact) mass is 373 g/mol. The van der Waals surface area contributed by atoms with E-state index in [4.69, 9.17) is 9.47 Å². The summed E-state index contributed by atoms with van der Waals surface area (Å²) < 4.78 is 24.0. The molecule has 0 bridgehead atoms. The molecule has 2 rings (SSSR count). The molecule has 2 aromatic carbocycles. The summed E-state index contributed by atoms with van der Waals surface area (Å²) in [4.78, 5) is 4.24. The van der Waals surface area contributed by atoms with Gasteiger partial charge in [0.2, 0.25) is 0 Å². The van der Waals surface area contributed by atoms with E-state index in [0.29, 0.717) is 19.0 Å². The number of aryl methyl sites for hydroxylation is 1. The van der Waals surface area contributed by atoms with E-state index in [-0.39, 0.29) is 11.9 Å². The number of hydrogen-bond acceptors (Lipinski definition) is 3. The minimum absolute atomic E-state index is 0.194. The third-order valence-corrected chi connectivity index (χ3v) is 4.33. The summed E-state index contributed by atoms with van der Waals surface area (Å²) in [6.45, 7) is 3.31. The normalized spacial score (nSPS) is 12.6. The molecule has 1 atom stereocenters. The Balaban J connectivity index is 1.87. The fourth-order valence-corrected chi connectivity index (χ4v) is 2.84. The standard InChI is InChI=1S/C21H28FN3O2/c1-15-5-10-19(26-3)17(13-15)11-12-24-21(23-2)25-14-20(27-4)16-6-8-18(22)9-7-16/h5-10,13,20H,11-12,14H2,1-4H3,(H2,23,24,25). The summed E-state index contributed by atoms with van der Waals surface area (Å²) in [5, 5.41) is 6.55. The van der Waals surface area contributed by atoms with Crippen molar-refractivity contribution in [2.24, 2.45) is 4.99 Å². The summed E-state index contributed by atoms with van der Waals surface area (Å²) >= 11 is 0. The van der Waals surface area contributed by atoms with Gasteiger partial charge in [-0.3, -0.25) is 4.99 Å². The lowest BCUT2D eigenvalue weighted by Gasteiger charge is -2.19. The van der Waals surface area contributed by atoms with Crippen LogP contribution in [0.1, 0.15) is 22.8 Å². The van der Waals surface area contributed by atoms with Crippen molar-refractivity contribution in [1.29, 1.82) is 0 Å². The highest BCUT2D eigenvalue weighted by molar-refractivity contribution is 5.79. The van der Waals surface area contributed by atoms with Gasteiger partial charge in [-0.05, 0) is 42.7 Å². The number of benzene rings is 2. The van der Waals surface area contributed by atoms with E-state index in [1.807, 2.05) is 12.1 Å². The second kappa shape index (κ2) is 10.5. The van der Waals surface area contributed by atoms with Crippen molar-refractivity contribution in [2.75, 3.05) is 34.4 Å². The molecule has 0 heterocycles. The van der Waals surface area contributed by atoms with Crippen molar-refractivity contribution in [1.82, 2.24) is 10.6 Å². The van der Waals surface area contributed by atoms with Crippen LogP contribution in [0.15, 0.2) is 47.5 Å². The molecular weight excluding hydrogens is 345 g/mol. The van der Waals surface area contributed by atoms with Crippen LogP contribution in [0.5, 0.6) is 5.75 Å². The smallest absolute Gasteiger partial charge is 0.191 e. The highest BCUT2D eigenvalue weighted by Gasteiger charge is 2.11. The molecule has 146 valence electrons. The number of methoxy groups -OCH3 is 2. The lowest BCUT2D eigenvalue weighted by Crippen LogP contribution is -2.40. The largest absolute Gasteiger partial charge is 0.496 e. The average Bonchev–Trinajstić information content (AvgIpc) is 2.68. The van der Waals surface area contributed by atoms with Gasteiger partial charge in [0.25, 0.3) is 0 Å². The summed E-state index contributed by atoms with van der Waals surface area (Å²) in [7, 11) is 5.04. The van der Waals surface area contributed by atoms with Crippen molar-refractivity contribution in [2.45, 2.75) is 19.4 Å². The quantitative estimate of drug-likeness (QED) is 0.551. The van der Waals surface area contributed by atoms with Crippen molar-refractivity contribution >= 4 is 5.96 Å². The Bertz CT molecular complexity index is 748. The molecule has 27 heavy (non-hydrogen) atoms. The Morgan fingerprint density at radius 2 is 1.85 bits per heavy atom. The summed E-state index contributed by atoms with van der Waals surface area (Å²) in [5.74, 6) is 1.32. The van der Waals surface area contributed by atoms with Crippen LogP contribution in [0.3, 0.4) is 0 Å². The predicted octanol–water partition coefficient (Wildman–Crippen LogP) is 3.24. The fourth-order valence-electron chi connectivity index (χ4n) is 2.84. The third-order valence-electron chi connectivity index (χ3n) is 4.33. The first-order valence-electron chi connectivity index (χ1n) is 8.93.